The van der Waals surface area contributed by atoms with Gasteiger partial charge in [0.05, 0.1) is 0 Å². The predicted molar refractivity (Wildman–Crippen MR) is 208 cm³/mol. The van der Waals surface area contributed by atoms with Gasteiger partial charge >= 0.3 is 287 Å². The van der Waals surface area contributed by atoms with Crippen LogP contribution in [0.25, 0.3) is 108 Å². The summed E-state index contributed by atoms with van der Waals surface area (Å²) in [6.45, 7) is 0. The van der Waals surface area contributed by atoms with E-state index in [9.17, 15) is 0 Å². The van der Waals surface area contributed by atoms with Gasteiger partial charge in [0.2, 0.25) is 0 Å². The van der Waals surface area contributed by atoms with Gasteiger partial charge in [0, 0.05) is 0 Å². The molecule has 5 heteroatoms. The number of furan rings is 1. The first-order chi connectivity index (χ1) is 24.8. The molecule has 0 bridgehead atoms. The molecule has 0 unspecified atom stereocenters. The van der Waals surface area contributed by atoms with Crippen LogP contribution in [0.15, 0.2) is 156 Å². The molecule has 8 aromatic carbocycles. The summed E-state index contributed by atoms with van der Waals surface area (Å²) < 4.78 is 9.00. The molecular weight excluding hydrogens is 677 g/mol. The van der Waals surface area contributed by atoms with Gasteiger partial charge in [-0.05, 0) is 0 Å². The molecule has 4 nitrogen and oxygen atoms in total. The third-order valence-corrected chi connectivity index (χ3v) is 12.5. The second-order valence-electron chi connectivity index (χ2n) is 12.7. The molecule has 0 atom stereocenters. The van der Waals surface area contributed by atoms with Crippen molar-refractivity contribution < 1.29 is 4.42 Å². The molecule has 0 radical (unpaired) electrons. The Hall–Kier alpha value is -6.13. The standard InChI is InChI=1S/C45H25N3OSe/c1-2-13-29-27(11-1)28-12-3-4-14-30(28)37-25-26(23-24-31(29)37)43-46-44(35-18-10-21-39-41(35)34-16-5-7-20-38(34)49-39)48-45(47-43)36-19-9-17-33-32-15-6-8-22-40(32)50-42(33)36/h1-25H. The van der Waals surface area contributed by atoms with Crippen molar-refractivity contribution in [1.82, 2.24) is 15.0 Å². The van der Waals surface area contributed by atoms with Gasteiger partial charge in [-0.1, -0.05) is 6.07 Å². The summed E-state index contributed by atoms with van der Waals surface area (Å²) >= 11 is 0.138. The molecule has 0 aliphatic rings. The Balaban J connectivity index is 1.22. The number of rotatable bonds is 3. The maximum absolute atomic E-state index is 6.30. The molecule has 0 saturated carbocycles. The quantitative estimate of drug-likeness (QED) is 0.136. The molecule has 11 aromatic rings. The van der Waals surface area contributed by atoms with Crippen molar-refractivity contribution in [2.45, 2.75) is 0 Å². The van der Waals surface area contributed by atoms with Crippen LogP contribution in [-0.2, 0) is 0 Å². The van der Waals surface area contributed by atoms with Crippen molar-refractivity contribution in [2.24, 2.45) is 0 Å². The summed E-state index contributed by atoms with van der Waals surface area (Å²) in [5.74, 6) is 1.96. The fraction of sp³-hybridized carbons (Fsp3) is 0. The van der Waals surface area contributed by atoms with Crippen molar-refractivity contribution in [1.29, 1.82) is 0 Å². The Morgan fingerprint density at radius 1 is 0.380 bits per heavy atom. The van der Waals surface area contributed by atoms with E-state index in [4.69, 9.17) is 19.4 Å². The summed E-state index contributed by atoms with van der Waals surface area (Å²) in [5.41, 5.74) is 4.60. The van der Waals surface area contributed by atoms with Crippen molar-refractivity contribution in [2.75, 3.05) is 0 Å². The summed E-state index contributed by atoms with van der Waals surface area (Å²) in [5, 5.41) is 12.0. The molecule has 0 amide bonds. The third-order valence-electron chi connectivity index (χ3n) is 9.93. The molecule has 0 spiro atoms. The van der Waals surface area contributed by atoms with E-state index in [1.54, 1.807) is 0 Å². The van der Waals surface area contributed by atoms with E-state index in [0.29, 0.717) is 17.5 Å². The van der Waals surface area contributed by atoms with Crippen molar-refractivity contribution in [3.63, 3.8) is 0 Å². The Morgan fingerprint density at radius 3 is 1.70 bits per heavy atom. The Kier molecular flexibility index (Phi) is 5.94. The fourth-order valence-corrected chi connectivity index (χ4v) is 10.2. The number of hydrogen-bond donors (Lipinski definition) is 0. The van der Waals surface area contributed by atoms with Crippen LogP contribution in [0.1, 0.15) is 0 Å². The number of hydrogen-bond acceptors (Lipinski definition) is 4. The number of nitrogens with zero attached hydrogens (tertiary/aromatic N) is 3. The van der Waals surface area contributed by atoms with Crippen molar-refractivity contribution >= 4 is 88.1 Å². The Bertz CT molecular complexity index is 3140. The van der Waals surface area contributed by atoms with E-state index in [1.807, 2.05) is 24.3 Å². The normalized spacial score (nSPS) is 12.0. The molecule has 0 saturated heterocycles. The van der Waals surface area contributed by atoms with Gasteiger partial charge in [0.25, 0.3) is 0 Å². The molecule has 0 N–H and O–H groups in total. The van der Waals surface area contributed by atoms with Crippen LogP contribution >= 0.6 is 0 Å². The molecule has 0 aliphatic heterocycles. The van der Waals surface area contributed by atoms with Crippen LogP contribution in [0.4, 0.5) is 0 Å². The number of aromatic nitrogens is 3. The van der Waals surface area contributed by atoms with Crippen molar-refractivity contribution in [3.8, 4) is 34.2 Å². The van der Waals surface area contributed by atoms with Gasteiger partial charge in [-0.15, -0.1) is 0 Å². The predicted octanol–water partition coefficient (Wildman–Crippen LogP) is 11.6. The zero-order valence-electron chi connectivity index (χ0n) is 26.6. The van der Waals surface area contributed by atoms with Crippen LogP contribution in [0, 0.1) is 0 Å². The maximum atomic E-state index is 6.30. The Labute approximate surface area is 292 Å². The van der Waals surface area contributed by atoms with E-state index in [-0.39, 0.29) is 14.5 Å². The number of benzene rings is 8. The van der Waals surface area contributed by atoms with Gasteiger partial charge in [0.1, 0.15) is 0 Å². The van der Waals surface area contributed by atoms with Crippen LogP contribution in [-0.4, -0.2) is 29.5 Å². The van der Waals surface area contributed by atoms with Crippen LogP contribution in [0.3, 0.4) is 0 Å². The van der Waals surface area contributed by atoms with Gasteiger partial charge in [-0.25, -0.2) is 0 Å². The number of para-hydroxylation sites is 1. The molecule has 0 aliphatic carbocycles. The average molecular weight is 703 g/mol. The minimum atomic E-state index is 0.138. The van der Waals surface area contributed by atoms with E-state index >= 15 is 0 Å². The fourth-order valence-electron chi connectivity index (χ4n) is 7.68. The van der Waals surface area contributed by atoms with E-state index in [1.165, 1.54) is 51.6 Å². The zero-order valence-corrected chi connectivity index (χ0v) is 28.3. The SMILES string of the molecule is c1ccc2c(c1)oc1cccc(-c3nc(-c4ccc5c6ccccc6c6ccccc6c5c4)nc(-c4cccc5c4[se]c4ccccc45)n3)c12. The van der Waals surface area contributed by atoms with Crippen molar-refractivity contribution in [3.05, 3.63) is 152 Å². The number of fused-ring (bicyclic) bond motifs is 12. The van der Waals surface area contributed by atoms with Crippen LogP contribution in [0.5, 0.6) is 0 Å². The molecule has 11 rings (SSSR count). The van der Waals surface area contributed by atoms with E-state index in [0.717, 1.165) is 38.6 Å². The van der Waals surface area contributed by atoms with E-state index in [2.05, 4.69) is 127 Å². The first-order valence-electron chi connectivity index (χ1n) is 16.7. The minimum absolute atomic E-state index is 0.138. The first kappa shape index (κ1) is 27.8. The van der Waals surface area contributed by atoms with Crippen LogP contribution in [0.2, 0.25) is 0 Å². The first-order valence-corrected chi connectivity index (χ1v) is 18.4. The summed E-state index contributed by atoms with van der Waals surface area (Å²) in [6, 6.07) is 53.6. The third kappa shape index (κ3) is 4.08. The molecule has 232 valence electrons. The van der Waals surface area contributed by atoms with Gasteiger partial charge in [-0.3, -0.25) is 0 Å². The molecule has 50 heavy (non-hydrogen) atoms. The average Bonchev–Trinajstić information content (AvgIpc) is 3.76. The molecule has 3 heterocycles. The molecule has 3 aromatic heterocycles. The van der Waals surface area contributed by atoms with Crippen LogP contribution < -0.4 is 0 Å². The molecular formula is C45H25N3OSe. The van der Waals surface area contributed by atoms with E-state index < -0.39 is 0 Å². The second-order valence-corrected chi connectivity index (χ2v) is 14.9. The topological polar surface area (TPSA) is 51.8 Å². The second kappa shape index (κ2) is 10.7. The van der Waals surface area contributed by atoms with Gasteiger partial charge in [0.15, 0.2) is 0 Å². The Morgan fingerprint density at radius 2 is 0.920 bits per heavy atom. The molecule has 0 fully saturated rings. The zero-order chi connectivity index (χ0) is 32.8. The summed E-state index contributed by atoms with van der Waals surface area (Å²) in [4.78, 5) is 15.8. The van der Waals surface area contributed by atoms with Gasteiger partial charge in [-0.2, -0.15) is 0 Å². The summed E-state index contributed by atoms with van der Waals surface area (Å²) in [6.07, 6.45) is 0. The summed E-state index contributed by atoms with van der Waals surface area (Å²) in [7, 11) is 0. The van der Waals surface area contributed by atoms with Gasteiger partial charge < -0.3 is 0 Å². The monoisotopic (exact) mass is 703 g/mol.